The summed E-state index contributed by atoms with van der Waals surface area (Å²) in [7, 11) is 0. The maximum Gasteiger partial charge on any atom is 0.325 e. The summed E-state index contributed by atoms with van der Waals surface area (Å²) in [6.07, 6.45) is 2.78. The number of halogens is 1. The molecule has 1 heterocycles. The molecule has 6 nitrogen and oxygen atoms in total. The van der Waals surface area contributed by atoms with Crippen molar-refractivity contribution in [3.63, 3.8) is 0 Å². The zero-order valence-corrected chi connectivity index (χ0v) is 12.9. The van der Waals surface area contributed by atoms with E-state index in [1.807, 2.05) is 37.3 Å². The van der Waals surface area contributed by atoms with E-state index in [2.05, 4.69) is 5.10 Å². The number of nitrogens with zero attached hydrogens (tertiary/aromatic N) is 3. The van der Waals surface area contributed by atoms with Gasteiger partial charge in [-0.15, -0.1) is 0 Å². The molecule has 0 amide bonds. The Morgan fingerprint density at radius 1 is 1.45 bits per heavy atom. The molecule has 1 saturated carbocycles. The minimum absolute atomic E-state index is 0.0778. The van der Waals surface area contributed by atoms with Crippen LogP contribution in [0.1, 0.15) is 25.3 Å². The fourth-order valence-corrected chi connectivity index (χ4v) is 3.19. The summed E-state index contributed by atoms with van der Waals surface area (Å²) >= 11 is 6.06. The highest BCUT2D eigenvalue weighted by atomic mass is 35.5. The van der Waals surface area contributed by atoms with Gasteiger partial charge < -0.3 is 4.74 Å². The maximum absolute atomic E-state index is 10.8. The van der Waals surface area contributed by atoms with Crippen LogP contribution in [-0.2, 0) is 16.9 Å². The number of ether oxygens (including phenoxy) is 1. The van der Waals surface area contributed by atoms with Gasteiger partial charge in [0.05, 0.1) is 23.2 Å². The lowest BCUT2D eigenvalue weighted by molar-refractivity contribution is -0.384. The summed E-state index contributed by atoms with van der Waals surface area (Å²) in [4.78, 5) is 10.3. The average Bonchev–Trinajstić information content (AvgIpc) is 2.86. The van der Waals surface area contributed by atoms with E-state index < -0.39 is 4.92 Å². The second kappa shape index (κ2) is 5.70. The van der Waals surface area contributed by atoms with Gasteiger partial charge in [0, 0.05) is 0 Å². The summed E-state index contributed by atoms with van der Waals surface area (Å²) in [5, 5.41) is 15.0. The quantitative estimate of drug-likeness (QED) is 0.624. The Kier molecular flexibility index (Phi) is 3.88. The summed E-state index contributed by atoms with van der Waals surface area (Å²) in [5.41, 5.74) is 0.646. The second-order valence-electron chi connectivity index (χ2n) is 5.81. The smallest absolute Gasteiger partial charge is 0.325 e. The molecule has 0 bridgehead atoms. The largest absolute Gasteiger partial charge is 0.373 e. The monoisotopic (exact) mass is 321 g/mol. The van der Waals surface area contributed by atoms with Crippen molar-refractivity contribution < 1.29 is 9.66 Å². The van der Waals surface area contributed by atoms with Gasteiger partial charge in [-0.3, -0.25) is 10.1 Å². The highest BCUT2D eigenvalue weighted by Crippen LogP contribution is 2.43. The highest BCUT2D eigenvalue weighted by molar-refractivity contribution is 6.31. The summed E-state index contributed by atoms with van der Waals surface area (Å²) in [6.45, 7) is 2.55. The molecule has 0 unspecified atom stereocenters. The number of benzene rings is 1. The van der Waals surface area contributed by atoms with Gasteiger partial charge >= 0.3 is 5.69 Å². The molecule has 0 aliphatic heterocycles. The van der Waals surface area contributed by atoms with Crippen LogP contribution in [0.5, 0.6) is 0 Å². The van der Waals surface area contributed by atoms with E-state index in [0.29, 0.717) is 6.61 Å². The Morgan fingerprint density at radius 2 is 2.14 bits per heavy atom. The van der Waals surface area contributed by atoms with Crippen LogP contribution in [0.25, 0.3) is 0 Å². The van der Waals surface area contributed by atoms with E-state index >= 15 is 0 Å². The first-order chi connectivity index (χ1) is 10.5. The highest BCUT2D eigenvalue weighted by Gasteiger charge is 2.45. The molecule has 3 rings (SSSR count). The Balaban J connectivity index is 1.60. The van der Waals surface area contributed by atoms with Crippen molar-refractivity contribution in [2.75, 3.05) is 0 Å². The van der Waals surface area contributed by atoms with Crippen LogP contribution in [0.2, 0.25) is 5.15 Å². The molecule has 1 fully saturated rings. The minimum atomic E-state index is -0.517. The van der Waals surface area contributed by atoms with E-state index in [-0.39, 0.29) is 22.5 Å². The molecule has 0 saturated heterocycles. The lowest BCUT2D eigenvalue weighted by atomic mass is 9.76. The van der Waals surface area contributed by atoms with Crippen molar-refractivity contribution in [3.05, 3.63) is 57.4 Å². The third-order valence-corrected chi connectivity index (χ3v) is 4.42. The predicted molar refractivity (Wildman–Crippen MR) is 81.8 cm³/mol. The molecule has 0 atom stereocenters. The standard InChI is InChI=1S/C15H16ClN3O3/c1-15(18-14(16)13(9-17-18)19(20)21)7-12(8-15)22-10-11-5-3-2-4-6-11/h2-6,9,12H,7-8,10H2,1H3. The molecule has 2 aromatic rings. The van der Waals surface area contributed by atoms with E-state index in [1.165, 1.54) is 10.9 Å². The normalized spacial score (nSPS) is 24.0. The van der Waals surface area contributed by atoms with Crippen LogP contribution >= 0.6 is 11.6 Å². The summed E-state index contributed by atoms with van der Waals surface area (Å²) in [6, 6.07) is 9.96. The van der Waals surface area contributed by atoms with Crippen LogP contribution < -0.4 is 0 Å². The Morgan fingerprint density at radius 3 is 2.73 bits per heavy atom. The van der Waals surface area contributed by atoms with Crippen LogP contribution in [-0.4, -0.2) is 20.8 Å². The molecule has 1 aliphatic rings. The number of aromatic nitrogens is 2. The van der Waals surface area contributed by atoms with E-state index in [0.717, 1.165) is 18.4 Å². The maximum atomic E-state index is 10.8. The molecule has 1 aliphatic carbocycles. The number of rotatable bonds is 5. The first-order valence-corrected chi connectivity index (χ1v) is 7.41. The van der Waals surface area contributed by atoms with Crippen molar-refractivity contribution in [1.29, 1.82) is 0 Å². The van der Waals surface area contributed by atoms with Crippen molar-refractivity contribution in [2.45, 2.75) is 38.0 Å². The molecule has 1 aromatic heterocycles. The van der Waals surface area contributed by atoms with Crippen molar-refractivity contribution in [1.82, 2.24) is 9.78 Å². The Bertz CT molecular complexity index is 681. The lowest BCUT2D eigenvalue weighted by Gasteiger charge is -2.45. The molecule has 7 heteroatoms. The van der Waals surface area contributed by atoms with Crippen molar-refractivity contribution >= 4 is 17.3 Å². The fourth-order valence-electron chi connectivity index (χ4n) is 2.82. The zero-order valence-electron chi connectivity index (χ0n) is 12.1. The molecule has 116 valence electrons. The first-order valence-electron chi connectivity index (χ1n) is 7.03. The summed E-state index contributed by atoms with van der Waals surface area (Å²) in [5.74, 6) is 0. The van der Waals surface area contributed by atoms with Gasteiger partial charge in [0.2, 0.25) is 5.15 Å². The number of nitro groups is 1. The van der Waals surface area contributed by atoms with Crippen LogP contribution in [0.15, 0.2) is 36.5 Å². The summed E-state index contributed by atoms with van der Waals surface area (Å²) < 4.78 is 7.39. The Hall–Kier alpha value is -1.92. The third kappa shape index (κ3) is 2.71. The number of hydrogen-bond acceptors (Lipinski definition) is 4. The molecule has 0 spiro atoms. The molecular formula is C15H16ClN3O3. The zero-order chi connectivity index (χ0) is 15.7. The molecule has 0 N–H and O–H groups in total. The van der Waals surface area contributed by atoms with Crippen molar-refractivity contribution in [2.24, 2.45) is 0 Å². The van der Waals surface area contributed by atoms with Crippen LogP contribution in [0.3, 0.4) is 0 Å². The third-order valence-electron chi connectivity index (χ3n) is 4.06. The van der Waals surface area contributed by atoms with Gasteiger partial charge in [0.25, 0.3) is 0 Å². The molecular weight excluding hydrogens is 306 g/mol. The van der Waals surface area contributed by atoms with Gasteiger partial charge in [-0.25, -0.2) is 4.68 Å². The van der Waals surface area contributed by atoms with Gasteiger partial charge in [-0.2, -0.15) is 5.10 Å². The van der Waals surface area contributed by atoms with E-state index in [9.17, 15) is 10.1 Å². The van der Waals surface area contributed by atoms with E-state index in [4.69, 9.17) is 16.3 Å². The lowest BCUT2D eigenvalue weighted by Crippen LogP contribution is -2.48. The molecule has 0 radical (unpaired) electrons. The van der Waals surface area contributed by atoms with E-state index in [1.54, 1.807) is 0 Å². The minimum Gasteiger partial charge on any atom is -0.373 e. The average molecular weight is 322 g/mol. The fraction of sp³-hybridized carbons (Fsp3) is 0.400. The van der Waals surface area contributed by atoms with Crippen molar-refractivity contribution in [3.8, 4) is 0 Å². The van der Waals surface area contributed by atoms with Crippen LogP contribution in [0.4, 0.5) is 5.69 Å². The van der Waals surface area contributed by atoms with Gasteiger partial charge in [-0.1, -0.05) is 41.9 Å². The Labute approximate surface area is 132 Å². The van der Waals surface area contributed by atoms with Gasteiger partial charge in [0.15, 0.2) is 0 Å². The molecule has 1 aromatic carbocycles. The predicted octanol–water partition coefficient (Wildman–Crippen LogP) is 3.54. The second-order valence-corrected chi connectivity index (χ2v) is 6.17. The van der Waals surface area contributed by atoms with Gasteiger partial charge in [0.1, 0.15) is 6.20 Å². The first kappa shape index (κ1) is 15.0. The van der Waals surface area contributed by atoms with Gasteiger partial charge in [-0.05, 0) is 25.3 Å². The molecule has 22 heavy (non-hydrogen) atoms. The number of hydrogen-bond donors (Lipinski definition) is 0. The SMILES string of the molecule is CC1(n2ncc([N+](=O)[O-])c2Cl)CC(OCc2ccccc2)C1. The van der Waals surface area contributed by atoms with Crippen LogP contribution in [0, 0.1) is 10.1 Å². The topological polar surface area (TPSA) is 70.2 Å².